The maximum absolute atomic E-state index is 7.03. The molecule has 0 N–H and O–H groups in total. The van der Waals surface area contributed by atoms with Gasteiger partial charge in [-0.2, -0.15) is 0 Å². The van der Waals surface area contributed by atoms with Gasteiger partial charge in [0.2, 0.25) is 0 Å². The zero-order valence-electron chi connectivity index (χ0n) is 71.3. The first kappa shape index (κ1) is 75.4. The topological polar surface area (TPSA) is 78.7 Å². The first-order chi connectivity index (χ1) is 64.2. The Morgan fingerprint density at radius 1 is 0.162 bits per heavy atom. The minimum atomic E-state index is 0.823. The van der Waals surface area contributed by atoms with E-state index in [0.717, 1.165) is 216 Å². The lowest BCUT2D eigenvalue weighted by Crippen LogP contribution is -2.13. The number of furan rings is 5. The molecule has 0 aliphatic rings. The number of hydrogen-bond donors (Lipinski definition) is 0. The Morgan fingerprint density at radius 2 is 0.431 bits per heavy atom. The average Bonchev–Trinajstić information content (AvgIpc) is 1.53. The fraction of sp³-hybridized carbons (Fsp3) is 0.0248. The van der Waals surface area contributed by atoms with Gasteiger partial charge in [0.05, 0.1) is 28.4 Å². The van der Waals surface area contributed by atoms with Crippen LogP contribution in [0.25, 0.3) is 175 Å². The van der Waals surface area contributed by atoms with Crippen molar-refractivity contribution < 1.29 is 22.1 Å². The van der Waals surface area contributed by atoms with E-state index in [2.05, 4.69) is 429 Å². The minimum absolute atomic E-state index is 0.823. The summed E-state index contributed by atoms with van der Waals surface area (Å²) >= 11 is 0. The number of rotatable bonds is 14. The van der Waals surface area contributed by atoms with E-state index >= 15 is 0 Å². The number of aryl methyl sites for hydroxylation is 3. The van der Waals surface area contributed by atoms with E-state index in [-0.39, 0.29) is 0 Å². The second kappa shape index (κ2) is 30.6. The van der Waals surface area contributed by atoms with Gasteiger partial charge < -0.3 is 41.7 Å². The largest absolute Gasteiger partial charge is 0.455 e. The van der Waals surface area contributed by atoms with Crippen molar-refractivity contribution in [1.29, 1.82) is 0 Å². The summed E-state index contributed by atoms with van der Waals surface area (Å²) in [5.74, 6) is 0. The molecule has 9 nitrogen and oxygen atoms in total. The van der Waals surface area contributed by atoms with Crippen LogP contribution in [0.15, 0.2) is 453 Å². The Hall–Kier alpha value is -17.1. The predicted molar refractivity (Wildman–Crippen MR) is 543 cm³/mol. The van der Waals surface area contributed by atoms with Crippen LogP contribution < -0.4 is 19.6 Å². The van der Waals surface area contributed by atoms with Crippen molar-refractivity contribution in [3.8, 4) is 22.3 Å². The number of benzene rings is 21. The molecule has 0 saturated heterocycles. The van der Waals surface area contributed by atoms with Crippen LogP contribution in [-0.4, -0.2) is 0 Å². The van der Waals surface area contributed by atoms with Crippen molar-refractivity contribution in [2.45, 2.75) is 20.8 Å². The molecule has 9 heteroatoms. The van der Waals surface area contributed by atoms with Crippen molar-refractivity contribution in [3.05, 3.63) is 447 Å². The van der Waals surface area contributed by atoms with Gasteiger partial charge in [-0.1, -0.05) is 266 Å². The summed E-state index contributed by atoms with van der Waals surface area (Å²) in [6.45, 7) is 6.57. The molecule has 5 aromatic heterocycles. The molecule has 0 bridgehead atoms. The van der Waals surface area contributed by atoms with Crippen LogP contribution in [0.1, 0.15) is 16.7 Å². The van der Waals surface area contributed by atoms with E-state index in [4.69, 9.17) is 22.1 Å². The monoisotopic (exact) mass is 1670 g/mol. The summed E-state index contributed by atoms with van der Waals surface area (Å²) in [7, 11) is 0. The Balaban J connectivity index is 0.000000141. The summed E-state index contributed by atoms with van der Waals surface area (Å²) in [5, 5.41) is 20.3. The molecule has 0 aliphatic heterocycles. The Morgan fingerprint density at radius 3 is 0.808 bits per heavy atom. The van der Waals surface area contributed by atoms with Gasteiger partial charge in [0.25, 0.3) is 0 Å². The highest BCUT2D eigenvalue weighted by molar-refractivity contribution is 6.32. The van der Waals surface area contributed by atoms with Gasteiger partial charge in [-0.15, -0.1) is 0 Å². The Kier molecular flexibility index (Phi) is 17.8. The third-order valence-corrected chi connectivity index (χ3v) is 26.1. The number of fused-ring (bicyclic) bond motifs is 25. The molecule has 0 fully saturated rings. The van der Waals surface area contributed by atoms with Crippen LogP contribution in [-0.2, 0) is 0 Å². The van der Waals surface area contributed by atoms with Gasteiger partial charge in [-0.3, -0.25) is 0 Å². The zero-order chi connectivity index (χ0) is 86.2. The lowest BCUT2D eigenvalue weighted by Gasteiger charge is -2.29. The maximum atomic E-state index is 7.03. The Labute approximate surface area is 748 Å². The molecular formula is C121H80N4O5. The number of nitrogens with zero attached hydrogens (tertiary/aromatic N) is 4. The summed E-state index contributed by atoms with van der Waals surface area (Å²) in [6, 6.07) is 153. The smallest absolute Gasteiger partial charge is 0.159 e. The van der Waals surface area contributed by atoms with Crippen molar-refractivity contribution in [3.63, 3.8) is 0 Å². The third kappa shape index (κ3) is 12.4. The molecule has 130 heavy (non-hydrogen) atoms. The molecule has 0 atom stereocenters. The molecule has 26 aromatic rings. The number of hydrogen-bond acceptors (Lipinski definition) is 9. The molecule has 614 valence electrons. The lowest BCUT2D eigenvalue weighted by atomic mass is 9.94. The first-order valence-corrected chi connectivity index (χ1v) is 44.2. The molecule has 0 aliphatic carbocycles. The SMILES string of the molecule is Cc1cc(C)c(N(c2ccccc2)c2ccc3c(c2)oc2c4ccc(-c5ccc(N(c6ccccc6)c6cccc7c6oc6ccccc67)cc5)cc4c4ccccc4c32)c(C)c1.c1ccc(N(c2ccc(-c3ccc4c(c3)c3ccccc3c3c5ccc(N(c6ccccc6)c6cccc7c6oc6ccccc67)cc5oc43)cc2)c2cccc3c2oc2ccccc23)cc1. The van der Waals surface area contributed by atoms with E-state index in [1.54, 1.807) is 0 Å². The quantitative estimate of drug-likeness (QED) is 0.0989. The highest BCUT2D eigenvalue weighted by Gasteiger charge is 2.28. The molecule has 0 unspecified atom stereocenters. The molecule has 26 rings (SSSR count). The van der Waals surface area contributed by atoms with E-state index in [1.165, 1.54) is 43.9 Å². The minimum Gasteiger partial charge on any atom is -0.455 e. The van der Waals surface area contributed by atoms with Gasteiger partial charge in [0.15, 0.2) is 16.7 Å². The maximum Gasteiger partial charge on any atom is 0.159 e. The predicted octanol–water partition coefficient (Wildman–Crippen LogP) is 35.6. The van der Waals surface area contributed by atoms with Gasteiger partial charge >= 0.3 is 0 Å². The average molecular weight is 1670 g/mol. The van der Waals surface area contributed by atoms with E-state index < -0.39 is 0 Å². The lowest BCUT2D eigenvalue weighted by molar-refractivity contribution is 0.668. The zero-order valence-corrected chi connectivity index (χ0v) is 71.3. The van der Waals surface area contributed by atoms with Gasteiger partial charge in [0.1, 0.15) is 39.1 Å². The number of para-hydroxylation sites is 10. The second-order valence-corrected chi connectivity index (χ2v) is 33.9. The molecule has 0 radical (unpaired) electrons. The summed E-state index contributed by atoms with van der Waals surface area (Å²) in [6.07, 6.45) is 0. The van der Waals surface area contributed by atoms with Crippen LogP contribution in [0.5, 0.6) is 0 Å². The Bertz CT molecular complexity index is 8960. The summed E-state index contributed by atoms with van der Waals surface area (Å²) in [5.41, 5.74) is 29.4. The second-order valence-electron chi connectivity index (χ2n) is 33.9. The van der Waals surface area contributed by atoms with Gasteiger partial charge in [-0.05, 0) is 244 Å². The van der Waals surface area contributed by atoms with Crippen molar-refractivity contribution in [2.75, 3.05) is 19.6 Å². The van der Waals surface area contributed by atoms with Crippen LogP contribution in [0, 0.1) is 20.8 Å². The van der Waals surface area contributed by atoms with Crippen LogP contribution in [0.2, 0.25) is 0 Å². The molecular weight excluding hydrogens is 1590 g/mol. The first-order valence-electron chi connectivity index (χ1n) is 44.2. The van der Waals surface area contributed by atoms with E-state index in [1.807, 2.05) is 42.5 Å². The van der Waals surface area contributed by atoms with E-state index in [9.17, 15) is 0 Å². The summed E-state index contributed by atoms with van der Waals surface area (Å²) in [4.78, 5) is 9.20. The van der Waals surface area contributed by atoms with Crippen LogP contribution in [0.4, 0.5) is 68.2 Å². The highest BCUT2D eigenvalue weighted by atomic mass is 16.3. The van der Waals surface area contributed by atoms with E-state index in [0.29, 0.717) is 0 Å². The van der Waals surface area contributed by atoms with Crippen LogP contribution in [0.3, 0.4) is 0 Å². The van der Waals surface area contributed by atoms with Crippen LogP contribution >= 0.6 is 0 Å². The third-order valence-electron chi connectivity index (χ3n) is 26.1. The molecule has 0 saturated carbocycles. The van der Waals surface area contributed by atoms with Crippen molar-refractivity contribution in [1.82, 2.24) is 0 Å². The fourth-order valence-corrected chi connectivity index (χ4v) is 20.4. The fourth-order valence-electron chi connectivity index (χ4n) is 20.4. The number of anilines is 12. The summed E-state index contributed by atoms with van der Waals surface area (Å²) < 4.78 is 33.7. The standard InChI is InChI=1S/C62H38N2O3.C59H42N2O2/c1-3-15-41(16-4-1)63(54-25-13-23-49-46-20-9-11-27-56(46)65-60(49)54)43-32-29-39(30-33-43)40-31-35-51-53(37-40)45-19-7-8-22-48(45)59-52-36-34-44(38-58(52)67-62(51)59)64(42-17-5-2-6-18-42)55-26-14-24-50-47-21-10-12-28-57(47)66-61(50)55;1-37-33-38(2)57(39(3)34-37)61(43-17-8-5-9-18-43)45-30-32-51-55(36-45)63-59-50-31-27-41(35-52(50)46-19-10-11-21-48(46)56(51)59)40-25-28-44(29-26-40)60(42-15-6-4-7-16-42)53-23-14-22-49-47-20-12-13-24-54(47)62-58(49)53/h1-38H;4-36H,1-3H3. The van der Waals surface area contributed by atoms with Gasteiger partial charge in [-0.25, -0.2) is 0 Å². The molecule has 21 aromatic carbocycles. The normalized spacial score (nSPS) is 11.8. The molecule has 0 amide bonds. The molecule has 0 spiro atoms. The molecule has 5 heterocycles. The van der Waals surface area contributed by atoms with Crippen molar-refractivity contribution >= 4 is 221 Å². The highest BCUT2D eigenvalue weighted by Crippen LogP contribution is 2.52. The van der Waals surface area contributed by atoms with Gasteiger partial charge in [0, 0.05) is 117 Å². The van der Waals surface area contributed by atoms with Crippen molar-refractivity contribution in [2.24, 2.45) is 0 Å².